The molecule has 0 aliphatic rings. The highest BCUT2D eigenvalue weighted by Gasteiger charge is 2.26. The summed E-state index contributed by atoms with van der Waals surface area (Å²) in [5.41, 5.74) is 0.446. The minimum Gasteiger partial charge on any atom is -0.444 e. The molecule has 0 unspecified atom stereocenters. The summed E-state index contributed by atoms with van der Waals surface area (Å²) in [4.78, 5) is 28.8. The van der Waals surface area contributed by atoms with Crippen LogP contribution in [0.15, 0.2) is 35.7 Å². The number of benzene rings is 1. The van der Waals surface area contributed by atoms with Crippen molar-refractivity contribution in [1.29, 1.82) is 0 Å². The van der Waals surface area contributed by atoms with Gasteiger partial charge in [0.2, 0.25) is 0 Å². The number of carbonyl (C=O) groups is 2. The van der Waals surface area contributed by atoms with E-state index < -0.39 is 23.2 Å². The van der Waals surface area contributed by atoms with Gasteiger partial charge in [-0.3, -0.25) is 4.79 Å². The van der Waals surface area contributed by atoms with Crippen molar-refractivity contribution in [3.05, 3.63) is 47.0 Å². The van der Waals surface area contributed by atoms with Gasteiger partial charge in [-0.1, -0.05) is 41.7 Å². The Kier molecular flexibility index (Phi) is 6.82. The molecule has 1 N–H and O–H groups in total. The molecule has 0 saturated heterocycles. The summed E-state index contributed by atoms with van der Waals surface area (Å²) < 4.78 is 10.8. The van der Waals surface area contributed by atoms with Gasteiger partial charge in [0.1, 0.15) is 5.60 Å². The third kappa shape index (κ3) is 6.96. The molecule has 1 aromatic heterocycles. The van der Waals surface area contributed by atoms with Crippen molar-refractivity contribution in [3.8, 4) is 5.19 Å². The van der Waals surface area contributed by atoms with Gasteiger partial charge < -0.3 is 14.8 Å². The van der Waals surface area contributed by atoms with E-state index >= 15 is 0 Å². The zero-order chi connectivity index (χ0) is 20.9. The molecule has 2 rings (SSSR count). The number of esters is 1. The minimum absolute atomic E-state index is 0.263. The lowest BCUT2D eigenvalue weighted by atomic mass is 9.98. The molecule has 1 atom stereocenters. The summed E-state index contributed by atoms with van der Waals surface area (Å²) in [5, 5.41) is 4.93. The smallest absolute Gasteiger partial charge is 0.408 e. The molecule has 0 saturated carbocycles. The van der Waals surface area contributed by atoms with Crippen LogP contribution in [0.4, 0.5) is 4.79 Å². The van der Waals surface area contributed by atoms with Crippen LogP contribution in [0.1, 0.15) is 58.8 Å². The van der Waals surface area contributed by atoms with Gasteiger partial charge in [-0.2, -0.15) is 0 Å². The average molecular weight is 405 g/mol. The van der Waals surface area contributed by atoms with Crippen LogP contribution in [-0.4, -0.2) is 22.6 Å². The van der Waals surface area contributed by atoms with Crippen LogP contribution in [-0.2, 0) is 16.0 Å². The average Bonchev–Trinajstić information content (AvgIpc) is 3.01. The summed E-state index contributed by atoms with van der Waals surface area (Å²) >= 11 is 1.23. The Bertz CT molecular complexity index is 804. The standard InChI is InChI=1S/C21H28N2O4S/c1-20(2,3)17(24)26-19-23-16(13-28-19)15(12-14-10-8-7-9-11-14)22-18(25)27-21(4,5)6/h7-11,13,15H,12H2,1-6H3,(H,22,25)/t15-/m0/s1. The van der Waals surface area contributed by atoms with E-state index in [4.69, 9.17) is 9.47 Å². The molecule has 6 nitrogen and oxygen atoms in total. The molecule has 2 aromatic rings. The second-order valence-electron chi connectivity index (χ2n) is 8.57. The van der Waals surface area contributed by atoms with Crippen molar-refractivity contribution in [2.45, 2.75) is 59.6 Å². The van der Waals surface area contributed by atoms with E-state index in [1.54, 1.807) is 26.2 Å². The number of hydrogen-bond donors (Lipinski definition) is 1. The highest BCUT2D eigenvalue weighted by Crippen LogP contribution is 2.27. The Morgan fingerprint density at radius 2 is 1.75 bits per heavy atom. The van der Waals surface area contributed by atoms with E-state index in [-0.39, 0.29) is 11.2 Å². The van der Waals surface area contributed by atoms with Gasteiger partial charge >= 0.3 is 12.1 Å². The molecule has 1 aromatic carbocycles. The Balaban J connectivity index is 2.19. The van der Waals surface area contributed by atoms with E-state index in [0.29, 0.717) is 12.1 Å². The summed E-state index contributed by atoms with van der Waals surface area (Å²) in [7, 11) is 0. The van der Waals surface area contributed by atoms with Crippen molar-refractivity contribution < 1.29 is 19.1 Å². The SMILES string of the molecule is CC(C)(C)OC(=O)N[C@@H](Cc1ccccc1)c1csc(OC(=O)C(C)(C)C)n1. The van der Waals surface area contributed by atoms with Crippen LogP contribution in [0.25, 0.3) is 0 Å². The minimum atomic E-state index is -0.621. The second kappa shape index (κ2) is 8.73. The van der Waals surface area contributed by atoms with Crippen LogP contribution >= 0.6 is 11.3 Å². The maximum Gasteiger partial charge on any atom is 0.408 e. The summed E-state index contributed by atoms with van der Waals surface area (Å²) in [5.74, 6) is -0.354. The monoisotopic (exact) mass is 404 g/mol. The molecule has 0 fully saturated rings. The fourth-order valence-electron chi connectivity index (χ4n) is 2.24. The van der Waals surface area contributed by atoms with Crippen molar-refractivity contribution >= 4 is 23.4 Å². The highest BCUT2D eigenvalue weighted by atomic mass is 32.1. The third-order valence-electron chi connectivity index (χ3n) is 3.62. The number of carbonyl (C=O) groups excluding carboxylic acids is 2. The number of alkyl carbamates (subject to hydrolysis) is 1. The van der Waals surface area contributed by atoms with Gasteiger partial charge in [-0.15, -0.1) is 0 Å². The third-order valence-corrected chi connectivity index (χ3v) is 4.36. The molecule has 0 radical (unpaired) electrons. The fraction of sp³-hybridized carbons (Fsp3) is 0.476. The number of nitrogens with zero attached hydrogens (tertiary/aromatic N) is 1. The van der Waals surface area contributed by atoms with Crippen molar-refractivity contribution in [2.24, 2.45) is 5.41 Å². The molecular formula is C21H28N2O4S. The topological polar surface area (TPSA) is 77.5 Å². The Morgan fingerprint density at radius 1 is 1.11 bits per heavy atom. The quantitative estimate of drug-likeness (QED) is 0.717. The van der Waals surface area contributed by atoms with E-state index in [2.05, 4.69) is 10.3 Å². The maximum absolute atomic E-state index is 12.3. The van der Waals surface area contributed by atoms with Gasteiger partial charge in [0.15, 0.2) is 0 Å². The molecule has 152 valence electrons. The van der Waals surface area contributed by atoms with Gasteiger partial charge in [0.25, 0.3) is 5.19 Å². The number of thiazole rings is 1. The van der Waals surface area contributed by atoms with Gasteiger partial charge in [-0.25, -0.2) is 9.78 Å². The second-order valence-corrected chi connectivity index (χ2v) is 9.39. The van der Waals surface area contributed by atoms with Gasteiger partial charge in [0.05, 0.1) is 17.2 Å². The zero-order valence-corrected chi connectivity index (χ0v) is 18.1. The largest absolute Gasteiger partial charge is 0.444 e. The summed E-state index contributed by atoms with van der Waals surface area (Å²) in [6.45, 7) is 10.8. The number of amides is 1. The molecule has 0 aliphatic carbocycles. The normalized spacial score (nSPS) is 12.9. The van der Waals surface area contributed by atoms with E-state index in [1.807, 2.05) is 51.1 Å². The number of rotatable bonds is 5. The van der Waals surface area contributed by atoms with Crippen molar-refractivity contribution in [2.75, 3.05) is 0 Å². The molecule has 1 heterocycles. The van der Waals surface area contributed by atoms with Gasteiger partial charge in [0, 0.05) is 5.38 Å². The first-order valence-electron chi connectivity index (χ1n) is 9.15. The first-order chi connectivity index (χ1) is 12.9. The lowest BCUT2D eigenvalue weighted by Crippen LogP contribution is -2.36. The molecule has 0 spiro atoms. The van der Waals surface area contributed by atoms with E-state index in [1.165, 1.54) is 11.3 Å². The van der Waals surface area contributed by atoms with E-state index in [9.17, 15) is 9.59 Å². The molecule has 28 heavy (non-hydrogen) atoms. The molecule has 1 amide bonds. The lowest BCUT2D eigenvalue weighted by molar-refractivity contribution is -0.143. The Hall–Kier alpha value is -2.41. The molecule has 7 heteroatoms. The summed E-state index contributed by atoms with van der Waals surface area (Å²) in [6.07, 6.45) is 0.0193. The van der Waals surface area contributed by atoms with Crippen LogP contribution in [0, 0.1) is 5.41 Å². The number of aromatic nitrogens is 1. The summed E-state index contributed by atoms with van der Waals surface area (Å²) in [6, 6.07) is 9.38. The van der Waals surface area contributed by atoms with E-state index in [0.717, 1.165) is 5.56 Å². The fourth-order valence-corrected chi connectivity index (χ4v) is 2.96. The van der Waals surface area contributed by atoms with Crippen molar-refractivity contribution in [1.82, 2.24) is 10.3 Å². The predicted molar refractivity (Wildman–Crippen MR) is 109 cm³/mol. The van der Waals surface area contributed by atoms with Crippen LogP contribution < -0.4 is 10.1 Å². The first-order valence-corrected chi connectivity index (χ1v) is 10.0. The Morgan fingerprint density at radius 3 is 2.32 bits per heavy atom. The molecular weight excluding hydrogens is 376 g/mol. The molecule has 0 aliphatic heterocycles. The van der Waals surface area contributed by atoms with Crippen LogP contribution in [0.2, 0.25) is 0 Å². The number of hydrogen-bond acceptors (Lipinski definition) is 6. The highest BCUT2D eigenvalue weighted by molar-refractivity contribution is 7.11. The van der Waals surface area contributed by atoms with Crippen LogP contribution in [0.3, 0.4) is 0 Å². The van der Waals surface area contributed by atoms with Crippen LogP contribution in [0.5, 0.6) is 5.19 Å². The first kappa shape index (κ1) is 21.9. The zero-order valence-electron chi connectivity index (χ0n) is 17.2. The predicted octanol–water partition coefficient (Wildman–Crippen LogP) is 4.90. The number of nitrogens with one attached hydrogen (secondary N) is 1. The van der Waals surface area contributed by atoms with Gasteiger partial charge in [-0.05, 0) is 53.5 Å². The lowest BCUT2D eigenvalue weighted by Gasteiger charge is -2.23. The van der Waals surface area contributed by atoms with Crippen molar-refractivity contribution in [3.63, 3.8) is 0 Å². The maximum atomic E-state index is 12.3. The Labute approximate surface area is 170 Å². The number of ether oxygens (including phenoxy) is 2. The molecule has 0 bridgehead atoms.